The number of esters is 1. The van der Waals surface area contributed by atoms with Gasteiger partial charge in [0.05, 0.1) is 16.7 Å². The van der Waals surface area contributed by atoms with Gasteiger partial charge >= 0.3 is 11.7 Å². The minimum Gasteiger partial charge on any atom is -0.477 e. The molecular weight excluding hydrogens is 518 g/mol. The van der Waals surface area contributed by atoms with E-state index in [0.717, 1.165) is 6.07 Å². The first-order valence-corrected chi connectivity index (χ1v) is 10.5. The zero-order valence-electron chi connectivity index (χ0n) is 16.7. The van der Waals surface area contributed by atoms with Crippen molar-refractivity contribution in [3.05, 3.63) is 97.5 Å². The van der Waals surface area contributed by atoms with E-state index in [1.54, 1.807) is 48.5 Å². The molecule has 0 radical (unpaired) electrons. The Balaban J connectivity index is 1.63. The molecule has 0 aliphatic carbocycles. The van der Waals surface area contributed by atoms with E-state index < -0.39 is 23.4 Å². The van der Waals surface area contributed by atoms with Crippen molar-refractivity contribution in [3.63, 3.8) is 0 Å². The fraction of sp³-hybridized carbons (Fsp3) is 0.0455. The molecule has 168 valence electrons. The molecule has 0 atom stereocenters. The summed E-state index contributed by atoms with van der Waals surface area (Å²) in [7, 11) is 0. The number of ether oxygens (including phenoxy) is 2. The number of rotatable bonds is 8. The van der Waals surface area contributed by atoms with Gasteiger partial charge in [-0.1, -0.05) is 45.7 Å². The first-order chi connectivity index (χ1) is 15.8. The van der Waals surface area contributed by atoms with Crippen LogP contribution in [0, 0.1) is 10.1 Å². The molecule has 0 heterocycles. The molecule has 0 bridgehead atoms. The molecule has 0 fully saturated rings. The third-order valence-corrected chi connectivity index (χ3v) is 4.78. The van der Waals surface area contributed by atoms with Crippen molar-refractivity contribution in [2.75, 3.05) is 6.61 Å². The quantitative estimate of drug-likeness (QED) is 0.147. The van der Waals surface area contributed by atoms with E-state index in [4.69, 9.17) is 21.1 Å². The summed E-state index contributed by atoms with van der Waals surface area (Å²) in [5.41, 5.74) is 2.68. The van der Waals surface area contributed by atoms with Crippen molar-refractivity contribution in [1.82, 2.24) is 5.43 Å². The van der Waals surface area contributed by atoms with Gasteiger partial charge in [-0.05, 0) is 42.5 Å². The van der Waals surface area contributed by atoms with Gasteiger partial charge in [-0.2, -0.15) is 5.10 Å². The summed E-state index contributed by atoms with van der Waals surface area (Å²) in [5.74, 6) is -1.08. The van der Waals surface area contributed by atoms with Crippen molar-refractivity contribution in [2.45, 2.75) is 0 Å². The highest BCUT2D eigenvalue weighted by atomic mass is 79.9. The molecule has 0 saturated heterocycles. The molecular formula is C22H15BrClN3O6. The van der Waals surface area contributed by atoms with Crippen LogP contribution in [0.4, 0.5) is 5.69 Å². The lowest BCUT2D eigenvalue weighted by Crippen LogP contribution is -2.24. The second-order valence-electron chi connectivity index (χ2n) is 6.39. The molecule has 0 saturated carbocycles. The maximum absolute atomic E-state index is 12.3. The van der Waals surface area contributed by atoms with Crippen LogP contribution >= 0.6 is 27.5 Å². The number of nitrogens with one attached hydrogen (secondary N) is 1. The van der Waals surface area contributed by atoms with E-state index in [9.17, 15) is 19.7 Å². The maximum atomic E-state index is 12.3. The van der Waals surface area contributed by atoms with Crippen molar-refractivity contribution >= 4 is 51.3 Å². The second kappa shape index (κ2) is 11.2. The summed E-state index contributed by atoms with van der Waals surface area (Å²) in [5, 5.41) is 15.1. The molecule has 0 aliphatic rings. The SMILES string of the molecule is O=C(COc1ccc(Cl)cc1[N+](=O)[O-])N/N=C/c1cc(Br)ccc1OC(=O)c1ccccc1. The Kier molecular flexibility index (Phi) is 8.11. The lowest BCUT2D eigenvalue weighted by atomic mass is 10.2. The fourth-order valence-electron chi connectivity index (χ4n) is 2.55. The summed E-state index contributed by atoms with van der Waals surface area (Å²) >= 11 is 9.08. The van der Waals surface area contributed by atoms with Gasteiger partial charge in [-0.25, -0.2) is 10.2 Å². The molecule has 0 aromatic heterocycles. The zero-order valence-corrected chi connectivity index (χ0v) is 19.1. The number of nitrogens with zero attached hydrogens (tertiary/aromatic N) is 2. The van der Waals surface area contributed by atoms with Gasteiger partial charge in [0.15, 0.2) is 12.4 Å². The van der Waals surface area contributed by atoms with E-state index in [-0.39, 0.29) is 22.2 Å². The van der Waals surface area contributed by atoms with E-state index in [2.05, 4.69) is 26.5 Å². The Labute approximate surface area is 201 Å². The molecule has 0 aliphatic heterocycles. The molecule has 33 heavy (non-hydrogen) atoms. The highest BCUT2D eigenvalue weighted by molar-refractivity contribution is 9.10. The molecule has 0 spiro atoms. The van der Waals surface area contributed by atoms with E-state index in [0.29, 0.717) is 15.6 Å². The highest BCUT2D eigenvalue weighted by Gasteiger charge is 2.17. The van der Waals surface area contributed by atoms with Crippen LogP contribution in [0.2, 0.25) is 5.02 Å². The number of nitro benzene ring substituents is 1. The van der Waals surface area contributed by atoms with Gasteiger partial charge in [-0.15, -0.1) is 0 Å². The number of hydrogen-bond acceptors (Lipinski definition) is 7. The number of hydrogen-bond donors (Lipinski definition) is 1. The number of carbonyl (C=O) groups is 2. The summed E-state index contributed by atoms with van der Waals surface area (Å²) in [4.78, 5) is 34.8. The standard InChI is InChI=1S/C22H15BrClN3O6/c23-16-6-8-19(33-22(29)14-4-2-1-3-5-14)15(10-16)12-25-26-21(28)13-32-20-9-7-17(24)11-18(20)27(30)31/h1-12H,13H2,(H,26,28)/b25-12+. The number of carbonyl (C=O) groups excluding carboxylic acids is 2. The molecule has 11 heteroatoms. The largest absolute Gasteiger partial charge is 0.477 e. The van der Waals surface area contributed by atoms with Crippen molar-refractivity contribution in [1.29, 1.82) is 0 Å². The lowest BCUT2D eigenvalue weighted by molar-refractivity contribution is -0.385. The third kappa shape index (κ3) is 6.86. The Hall–Kier alpha value is -3.76. The Morgan fingerprint density at radius 2 is 1.82 bits per heavy atom. The van der Waals surface area contributed by atoms with Gasteiger partial charge in [0, 0.05) is 21.1 Å². The monoisotopic (exact) mass is 531 g/mol. The van der Waals surface area contributed by atoms with Gasteiger partial charge in [0.2, 0.25) is 0 Å². The average molecular weight is 533 g/mol. The van der Waals surface area contributed by atoms with Gasteiger partial charge in [-0.3, -0.25) is 14.9 Å². The van der Waals surface area contributed by atoms with E-state index in [1.807, 2.05) is 0 Å². The summed E-state index contributed by atoms with van der Waals surface area (Å²) in [6.07, 6.45) is 1.29. The van der Waals surface area contributed by atoms with Crippen LogP contribution < -0.4 is 14.9 Å². The number of amides is 1. The number of nitro groups is 1. The van der Waals surface area contributed by atoms with E-state index >= 15 is 0 Å². The molecule has 0 unspecified atom stereocenters. The highest BCUT2D eigenvalue weighted by Crippen LogP contribution is 2.29. The predicted molar refractivity (Wildman–Crippen MR) is 125 cm³/mol. The topological polar surface area (TPSA) is 120 Å². The van der Waals surface area contributed by atoms with Gasteiger partial charge < -0.3 is 9.47 Å². The molecule has 1 amide bonds. The summed E-state index contributed by atoms with van der Waals surface area (Å²) in [6.45, 7) is -0.520. The van der Waals surface area contributed by atoms with E-state index in [1.165, 1.54) is 18.3 Å². The lowest BCUT2D eigenvalue weighted by Gasteiger charge is -2.08. The van der Waals surface area contributed by atoms with Gasteiger partial charge in [0.1, 0.15) is 5.75 Å². The minimum absolute atomic E-state index is 0.106. The predicted octanol–water partition coefficient (Wildman–Crippen LogP) is 4.76. The first-order valence-electron chi connectivity index (χ1n) is 9.29. The van der Waals surface area contributed by atoms with Crippen LogP contribution in [0.5, 0.6) is 11.5 Å². The van der Waals surface area contributed by atoms with Crippen LogP contribution in [-0.4, -0.2) is 29.6 Å². The summed E-state index contributed by atoms with van der Waals surface area (Å²) < 4.78 is 11.3. The minimum atomic E-state index is -0.664. The Morgan fingerprint density at radius 3 is 2.55 bits per heavy atom. The van der Waals surface area contributed by atoms with Crippen LogP contribution in [0.1, 0.15) is 15.9 Å². The van der Waals surface area contributed by atoms with Crippen LogP contribution in [-0.2, 0) is 4.79 Å². The van der Waals surface area contributed by atoms with Crippen LogP contribution in [0.3, 0.4) is 0 Å². The Bertz CT molecular complexity index is 1220. The fourth-order valence-corrected chi connectivity index (χ4v) is 3.10. The zero-order chi connectivity index (χ0) is 23.8. The maximum Gasteiger partial charge on any atom is 0.343 e. The first kappa shape index (κ1) is 23.9. The van der Waals surface area contributed by atoms with Crippen LogP contribution in [0.25, 0.3) is 0 Å². The normalized spacial score (nSPS) is 10.6. The van der Waals surface area contributed by atoms with Gasteiger partial charge in [0.25, 0.3) is 5.91 Å². The molecule has 1 N–H and O–H groups in total. The molecule has 9 nitrogen and oxygen atoms in total. The molecule has 3 aromatic rings. The third-order valence-electron chi connectivity index (χ3n) is 4.05. The summed E-state index contributed by atoms with van der Waals surface area (Å²) in [6, 6.07) is 17.2. The van der Waals surface area contributed by atoms with Crippen molar-refractivity contribution in [2.24, 2.45) is 5.10 Å². The van der Waals surface area contributed by atoms with Crippen LogP contribution in [0.15, 0.2) is 76.3 Å². The number of hydrazone groups is 1. The van der Waals surface area contributed by atoms with Crippen molar-refractivity contribution < 1.29 is 24.0 Å². The number of benzene rings is 3. The number of halogens is 2. The average Bonchev–Trinajstić information content (AvgIpc) is 2.80. The smallest absolute Gasteiger partial charge is 0.343 e. The molecule has 3 rings (SSSR count). The Morgan fingerprint density at radius 1 is 1.09 bits per heavy atom. The second-order valence-corrected chi connectivity index (χ2v) is 7.74. The molecule has 3 aromatic carbocycles. The van der Waals surface area contributed by atoms with Crippen molar-refractivity contribution in [3.8, 4) is 11.5 Å².